The number of hydrogen-bond acceptors (Lipinski definition) is 3. The molecule has 12 rings (SSSR count). The monoisotopic (exact) mass is 871 g/mol. The highest BCUT2D eigenvalue weighted by Crippen LogP contribution is 2.45. The van der Waals surface area contributed by atoms with Crippen molar-refractivity contribution in [2.75, 3.05) is 4.90 Å². The standard InChI is InChI=1S/C62H52N4O/c1-40(2)34-41-32-33-63-59(35-41)66-56-28-11-10-24-52(56)53-31-30-46(38-58(53)66)67-45-19-13-18-44(37-45)64-39-65-60-47(42-16-12-17-43(36-42)62(3,4)5)25-14-26-54(60)50-22-8-6-20-48(50)49-21-7-9-23-51(49)55-27-15-29-57(64)61(55)65/h6-33,35-38,40H,34,39H2,1-5H3/i12D,34D2. The van der Waals surface area contributed by atoms with E-state index in [-0.39, 0.29) is 11.3 Å². The summed E-state index contributed by atoms with van der Waals surface area (Å²) in [6, 6.07) is 64.1. The molecule has 0 bridgehead atoms. The van der Waals surface area contributed by atoms with Crippen LogP contribution in [0.5, 0.6) is 11.5 Å². The number of pyridine rings is 1. The zero-order chi connectivity index (χ0) is 48.1. The Morgan fingerprint density at radius 1 is 0.597 bits per heavy atom. The van der Waals surface area contributed by atoms with E-state index >= 15 is 0 Å². The number of rotatable bonds is 7. The Morgan fingerprint density at radius 2 is 1.24 bits per heavy atom. The zero-order valence-electron chi connectivity index (χ0n) is 41.4. The lowest BCUT2D eigenvalue weighted by Crippen LogP contribution is -2.15. The third-order valence-corrected chi connectivity index (χ3v) is 13.3. The van der Waals surface area contributed by atoms with E-state index in [2.05, 4.69) is 168 Å². The molecule has 5 nitrogen and oxygen atoms in total. The summed E-state index contributed by atoms with van der Waals surface area (Å²) < 4.78 is 38.2. The van der Waals surface area contributed by atoms with E-state index < -0.39 is 6.37 Å². The number of fused-ring (bicyclic) bond motifs is 10. The first-order valence-corrected chi connectivity index (χ1v) is 23.2. The van der Waals surface area contributed by atoms with Gasteiger partial charge in [0.25, 0.3) is 0 Å². The van der Waals surface area contributed by atoms with Crippen LogP contribution in [0, 0.1) is 5.92 Å². The summed E-state index contributed by atoms with van der Waals surface area (Å²) in [5, 5.41) is 9.10. The maximum atomic E-state index is 9.04. The third kappa shape index (κ3) is 6.96. The molecule has 0 amide bonds. The van der Waals surface area contributed by atoms with Crippen molar-refractivity contribution in [1.29, 1.82) is 0 Å². The van der Waals surface area contributed by atoms with Crippen LogP contribution in [-0.2, 0) is 18.5 Å². The van der Waals surface area contributed by atoms with Gasteiger partial charge in [0.2, 0.25) is 0 Å². The van der Waals surface area contributed by atoms with Gasteiger partial charge < -0.3 is 14.2 Å². The summed E-state index contributed by atoms with van der Waals surface area (Å²) in [5.74, 6) is 1.82. The first-order valence-electron chi connectivity index (χ1n) is 24.7. The van der Waals surface area contributed by atoms with Crippen LogP contribution in [0.2, 0.25) is 0 Å². The number of benzene rings is 8. The lowest BCUT2D eigenvalue weighted by Gasteiger charge is -2.22. The molecule has 326 valence electrons. The summed E-state index contributed by atoms with van der Waals surface area (Å²) in [7, 11) is 0. The smallest absolute Gasteiger partial charge is 0.137 e. The van der Waals surface area contributed by atoms with Crippen LogP contribution in [0.1, 0.15) is 49.9 Å². The van der Waals surface area contributed by atoms with Crippen molar-refractivity contribution < 1.29 is 8.85 Å². The minimum absolute atomic E-state index is 0.141. The molecule has 3 aromatic heterocycles. The Kier molecular flexibility index (Phi) is 8.87. The lowest BCUT2D eigenvalue weighted by atomic mass is 9.85. The highest BCUT2D eigenvalue weighted by Gasteiger charge is 2.26. The molecule has 0 N–H and O–H groups in total. The van der Waals surface area contributed by atoms with Gasteiger partial charge in [0, 0.05) is 53.9 Å². The lowest BCUT2D eigenvalue weighted by molar-refractivity contribution is 0.483. The Morgan fingerprint density at radius 3 is 1.99 bits per heavy atom. The largest absolute Gasteiger partial charge is 0.457 e. The van der Waals surface area contributed by atoms with Crippen molar-refractivity contribution in [3.63, 3.8) is 0 Å². The van der Waals surface area contributed by atoms with Crippen LogP contribution in [-0.4, -0.2) is 14.1 Å². The van der Waals surface area contributed by atoms with Crippen LogP contribution in [0.25, 0.3) is 82.1 Å². The molecule has 0 atom stereocenters. The topological polar surface area (TPSA) is 35.2 Å². The average Bonchev–Trinajstić information content (AvgIpc) is 3.92. The van der Waals surface area contributed by atoms with Crippen LogP contribution < -0.4 is 9.64 Å². The number of aromatic nitrogens is 3. The molecule has 0 unspecified atom stereocenters. The molecule has 0 aliphatic carbocycles. The van der Waals surface area contributed by atoms with Gasteiger partial charge in [-0.3, -0.25) is 4.57 Å². The molecular weight excluding hydrogens is 817 g/mol. The summed E-state index contributed by atoms with van der Waals surface area (Å²) in [5.41, 5.74) is 9.88. The quantitative estimate of drug-likeness (QED) is 0.160. The van der Waals surface area contributed by atoms with Crippen molar-refractivity contribution in [2.45, 2.75) is 53.1 Å². The minimum Gasteiger partial charge on any atom is -0.457 e. The predicted octanol–water partition coefficient (Wildman–Crippen LogP) is 16.8. The fourth-order valence-electron chi connectivity index (χ4n) is 10.3. The van der Waals surface area contributed by atoms with Crippen LogP contribution in [0.15, 0.2) is 194 Å². The number of nitrogens with zero attached hydrogens (tertiary/aromatic N) is 4. The van der Waals surface area contributed by atoms with Crippen molar-refractivity contribution in [3.8, 4) is 28.4 Å². The van der Waals surface area contributed by atoms with Gasteiger partial charge in [0.15, 0.2) is 0 Å². The second kappa shape index (κ2) is 15.9. The van der Waals surface area contributed by atoms with E-state index in [1.165, 1.54) is 16.2 Å². The van der Waals surface area contributed by atoms with Gasteiger partial charge in [-0.1, -0.05) is 162 Å². The summed E-state index contributed by atoms with van der Waals surface area (Å²) in [6.07, 6.45) is 0.185. The fourth-order valence-corrected chi connectivity index (χ4v) is 10.3. The molecule has 11 aromatic rings. The van der Waals surface area contributed by atoms with Gasteiger partial charge in [-0.15, -0.1) is 0 Å². The molecule has 0 spiro atoms. The van der Waals surface area contributed by atoms with Crippen molar-refractivity contribution in [1.82, 2.24) is 14.1 Å². The van der Waals surface area contributed by atoms with Crippen molar-refractivity contribution >= 4 is 76.5 Å². The predicted molar refractivity (Wildman–Crippen MR) is 282 cm³/mol. The molecular formula is C62H52N4O. The number of anilines is 2. The highest BCUT2D eigenvalue weighted by atomic mass is 16.5. The first-order chi connectivity index (χ1) is 33.8. The van der Waals surface area contributed by atoms with E-state index in [1.54, 1.807) is 12.3 Å². The van der Waals surface area contributed by atoms with Gasteiger partial charge in [0.1, 0.15) is 24.0 Å². The molecule has 4 heterocycles. The Labute approximate surface area is 395 Å². The minimum atomic E-state index is -1.52. The molecule has 0 saturated heterocycles. The van der Waals surface area contributed by atoms with Crippen LogP contribution in [0.3, 0.4) is 0 Å². The maximum Gasteiger partial charge on any atom is 0.137 e. The number of para-hydroxylation sites is 3. The van der Waals surface area contributed by atoms with E-state index in [0.29, 0.717) is 35.6 Å². The van der Waals surface area contributed by atoms with Gasteiger partial charge in [-0.05, 0) is 104 Å². The molecule has 5 heteroatoms. The van der Waals surface area contributed by atoms with Crippen molar-refractivity contribution in [3.05, 3.63) is 205 Å². The van der Waals surface area contributed by atoms with E-state index in [4.69, 9.17) is 13.8 Å². The first kappa shape index (κ1) is 37.3. The maximum absolute atomic E-state index is 9.04. The summed E-state index contributed by atoms with van der Waals surface area (Å²) in [4.78, 5) is 7.19. The van der Waals surface area contributed by atoms with Gasteiger partial charge in [0.05, 0.1) is 29.1 Å². The Balaban J connectivity index is 1.03. The van der Waals surface area contributed by atoms with Gasteiger partial charge >= 0.3 is 0 Å². The van der Waals surface area contributed by atoms with E-state index in [9.17, 15) is 0 Å². The third-order valence-electron chi connectivity index (χ3n) is 13.3. The molecule has 67 heavy (non-hydrogen) atoms. The summed E-state index contributed by atoms with van der Waals surface area (Å²) >= 11 is 0. The number of ether oxygens (including phenoxy) is 1. The normalized spacial score (nSPS) is 13.5. The SMILES string of the molecule is [2H]c1cc(-c2cccc3c4ccccc4c4ccccc4c4cccc5c4n(c23)CN5c2cccc(Oc3ccc4c5ccccc5n(-c5cc(C([2H])([2H])C(C)C)ccn5)c4c3)c2)cc(C(C)(C)C)c1. The molecule has 1 aliphatic rings. The molecule has 1 aliphatic heterocycles. The zero-order valence-corrected chi connectivity index (χ0v) is 38.4. The molecule has 0 radical (unpaired) electrons. The Bertz CT molecular complexity index is 3990. The van der Waals surface area contributed by atoms with Crippen LogP contribution >= 0.6 is 0 Å². The van der Waals surface area contributed by atoms with E-state index in [1.807, 2.05) is 56.3 Å². The Hall–Kier alpha value is -7.89. The van der Waals surface area contributed by atoms with Crippen molar-refractivity contribution in [2.24, 2.45) is 5.92 Å². The van der Waals surface area contributed by atoms with Crippen LogP contribution in [0.4, 0.5) is 11.4 Å². The van der Waals surface area contributed by atoms with Gasteiger partial charge in [-0.2, -0.15) is 0 Å². The fraction of sp³-hybridized carbons (Fsp3) is 0.145. The van der Waals surface area contributed by atoms with Gasteiger partial charge in [-0.25, -0.2) is 4.98 Å². The second-order valence-corrected chi connectivity index (χ2v) is 19.1. The highest BCUT2D eigenvalue weighted by molar-refractivity contribution is 6.22. The molecule has 0 saturated carbocycles. The summed E-state index contributed by atoms with van der Waals surface area (Å²) in [6.45, 7) is 11.0. The molecule has 0 fully saturated rings. The number of hydrogen-bond donors (Lipinski definition) is 0. The molecule has 8 aromatic carbocycles. The second-order valence-electron chi connectivity index (χ2n) is 19.1. The van der Waals surface area contributed by atoms with E-state index in [0.717, 1.165) is 77.1 Å². The average molecular weight is 872 g/mol.